The van der Waals surface area contributed by atoms with Crippen LogP contribution in [0.15, 0.2) is 0 Å². The van der Waals surface area contributed by atoms with Crippen LogP contribution in [0, 0.1) is 11.8 Å². The first-order chi connectivity index (χ1) is 4.95. The molecule has 0 rings (SSSR count). The number of aliphatic hydroxyl groups is 1. The maximum absolute atomic E-state index is 10.2. The van der Waals surface area contributed by atoms with E-state index in [4.69, 9.17) is 10.2 Å². The first-order valence-corrected chi connectivity index (χ1v) is 3.86. The van der Waals surface area contributed by atoms with Gasteiger partial charge in [-0.3, -0.25) is 0 Å². The number of rotatable bonds is 4. The van der Waals surface area contributed by atoms with Gasteiger partial charge in [0.15, 0.2) is 6.10 Å². The maximum Gasteiger partial charge on any atom is 0.332 e. The standard InChI is InChI=1S/C8H16O3/c1-5(2)6(3)4-7(9)8(10)11/h5-7,9H,4H2,1-3H3,(H,10,11). The molecule has 0 heterocycles. The third-order valence-corrected chi connectivity index (χ3v) is 2.02. The molecule has 2 unspecified atom stereocenters. The number of aliphatic carboxylic acids is 1. The Bertz CT molecular complexity index is 131. The zero-order valence-electron chi connectivity index (χ0n) is 7.24. The van der Waals surface area contributed by atoms with Crippen LogP contribution in [0.25, 0.3) is 0 Å². The van der Waals surface area contributed by atoms with Gasteiger partial charge in [-0.2, -0.15) is 0 Å². The van der Waals surface area contributed by atoms with E-state index in [9.17, 15) is 4.79 Å². The molecule has 0 aromatic heterocycles. The SMILES string of the molecule is CC(C)C(C)CC(O)C(=O)O. The number of carboxylic acid groups (broad SMARTS) is 1. The van der Waals surface area contributed by atoms with Crippen molar-refractivity contribution in [1.29, 1.82) is 0 Å². The highest BCUT2D eigenvalue weighted by molar-refractivity contribution is 5.71. The Morgan fingerprint density at radius 3 is 2.09 bits per heavy atom. The second kappa shape index (κ2) is 4.34. The maximum atomic E-state index is 10.2. The summed E-state index contributed by atoms with van der Waals surface area (Å²) in [5, 5.41) is 17.3. The van der Waals surface area contributed by atoms with Crippen molar-refractivity contribution in [1.82, 2.24) is 0 Å². The van der Waals surface area contributed by atoms with Crippen molar-refractivity contribution < 1.29 is 15.0 Å². The topological polar surface area (TPSA) is 57.5 Å². The van der Waals surface area contributed by atoms with E-state index in [-0.39, 0.29) is 5.92 Å². The number of hydrogen-bond acceptors (Lipinski definition) is 2. The third kappa shape index (κ3) is 3.98. The second-order valence-corrected chi connectivity index (χ2v) is 3.31. The van der Waals surface area contributed by atoms with Crippen molar-refractivity contribution in [3.05, 3.63) is 0 Å². The Morgan fingerprint density at radius 1 is 1.36 bits per heavy atom. The first kappa shape index (κ1) is 10.4. The lowest BCUT2D eigenvalue weighted by Crippen LogP contribution is -2.23. The van der Waals surface area contributed by atoms with E-state index in [2.05, 4.69) is 0 Å². The van der Waals surface area contributed by atoms with Gasteiger partial charge in [0, 0.05) is 0 Å². The smallest absolute Gasteiger partial charge is 0.332 e. The number of hydrogen-bond donors (Lipinski definition) is 2. The van der Waals surface area contributed by atoms with Crippen LogP contribution in [0.3, 0.4) is 0 Å². The van der Waals surface area contributed by atoms with Crippen molar-refractivity contribution in [3.8, 4) is 0 Å². The van der Waals surface area contributed by atoms with Crippen molar-refractivity contribution in [2.45, 2.75) is 33.3 Å². The van der Waals surface area contributed by atoms with Crippen LogP contribution in [0.5, 0.6) is 0 Å². The Labute approximate surface area is 67.0 Å². The minimum atomic E-state index is -1.20. The van der Waals surface area contributed by atoms with Gasteiger partial charge in [-0.25, -0.2) is 4.79 Å². The van der Waals surface area contributed by atoms with E-state index in [0.717, 1.165) is 0 Å². The van der Waals surface area contributed by atoms with Crippen molar-refractivity contribution >= 4 is 5.97 Å². The fraction of sp³-hybridized carbons (Fsp3) is 0.875. The molecule has 11 heavy (non-hydrogen) atoms. The highest BCUT2D eigenvalue weighted by atomic mass is 16.4. The summed E-state index contributed by atoms with van der Waals surface area (Å²) in [6, 6.07) is 0. The Balaban J connectivity index is 3.75. The third-order valence-electron chi connectivity index (χ3n) is 2.02. The summed E-state index contributed by atoms with van der Waals surface area (Å²) in [6.45, 7) is 5.97. The highest BCUT2D eigenvalue weighted by Gasteiger charge is 2.18. The number of carboxylic acids is 1. The Kier molecular flexibility index (Phi) is 4.11. The summed E-state index contributed by atoms with van der Waals surface area (Å²) in [7, 11) is 0. The monoisotopic (exact) mass is 160 g/mol. The van der Waals surface area contributed by atoms with E-state index in [1.807, 2.05) is 20.8 Å². The molecular weight excluding hydrogens is 144 g/mol. The van der Waals surface area contributed by atoms with Gasteiger partial charge in [0.1, 0.15) is 0 Å². The van der Waals surface area contributed by atoms with Gasteiger partial charge >= 0.3 is 5.97 Å². The summed E-state index contributed by atoms with van der Waals surface area (Å²) in [6.07, 6.45) is -0.861. The number of aliphatic hydroxyl groups excluding tert-OH is 1. The van der Waals surface area contributed by atoms with E-state index >= 15 is 0 Å². The normalized spacial score (nSPS) is 16.5. The minimum Gasteiger partial charge on any atom is -0.479 e. The first-order valence-electron chi connectivity index (χ1n) is 3.86. The molecular formula is C8H16O3. The average Bonchev–Trinajstić information content (AvgIpc) is 1.87. The highest BCUT2D eigenvalue weighted by Crippen LogP contribution is 2.15. The molecule has 0 aromatic rings. The molecule has 0 aliphatic rings. The summed E-state index contributed by atoms with van der Waals surface area (Å²) >= 11 is 0. The lowest BCUT2D eigenvalue weighted by atomic mass is 9.92. The van der Waals surface area contributed by atoms with Gasteiger partial charge < -0.3 is 10.2 Å². The lowest BCUT2D eigenvalue weighted by Gasteiger charge is -2.16. The van der Waals surface area contributed by atoms with Crippen LogP contribution in [0.2, 0.25) is 0 Å². The molecule has 0 aliphatic heterocycles. The van der Waals surface area contributed by atoms with Crippen LogP contribution in [-0.2, 0) is 4.79 Å². The van der Waals surface area contributed by atoms with Crippen molar-refractivity contribution in [3.63, 3.8) is 0 Å². The molecule has 66 valence electrons. The summed E-state index contributed by atoms with van der Waals surface area (Å²) < 4.78 is 0. The molecule has 0 aliphatic carbocycles. The summed E-state index contributed by atoms with van der Waals surface area (Å²) in [4.78, 5) is 10.2. The fourth-order valence-electron chi connectivity index (χ4n) is 0.725. The zero-order chi connectivity index (χ0) is 9.02. The molecule has 0 saturated carbocycles. The van der Waals surface area contributed by atoms with Gasteiger partial charge in [0.05, 0.1) is 0 Å². The largest absolute Gasteiger partial charge is 0.479 e. The molecule has 0 amide bonds. The van der Waals surface area contributed by atoms with E-state index < -0.39 is 12.1 Å². The quantitative estimate of drug-likeness (QED) is 0.647. The molecule has 0 bridgehead atoms. The molecule has 2 atom stereocenters. The minimum absolute atomic E-state index is 0.251. The Hall–Kier alpha value is -0.570. The van der Waals surface area contributed by atoms with E-state index in [1.54, 1.807) is 0 Å². The second-order valence-electron chi connectivity index (χ2n) is 3.31. The van der Waals surface area contributed by atoms with Gasteiger partial charge in [0.25, 0.3) is 0 Å². The van der Waals surface area contributed by atoms with Crippen LogP contribution in [0.1, 0.15) is 27.2 Å². The van der Waals surface area contributed by atoms with Crippen LogP contribution < -0.4 is 0 Å². The lowest BCUT2D eigenvalue weighted by molar-refractivity contribution is -0.147. The fourth-order valence-corrected chi connectivity index (χ4v) is 0.725. The van der Waals surface area contributed by atoms with Gasteiger partial charge in [0.2, 0.25) is 0 Å². The Morgan fingerprint density at radius 2 is 1.82 bits per heavy atom. The van der Waals surface area contributed by atoms with Crippen molar-refractivity contribution in [2.24, 2.45) is 11.8 Å². The predicted octanol–water partition coefficient (Wildman–Crippen LogP) is 1.11. The van der Waals surface area contributed by atoms with Gasteiger partial charge in [-0.05, 0) is 18.3 Å². The van der Waals surface area contributed by atoms with Crippen LogP contribution in [-0.4, -0.2) is 22.3 Å². The molecule has 0 fully saturated rings. The van der Waals surface area contributed by atoms with Crippen LogP contribution in [0.4, 0.5) is 0 Å². The molecule has 0 spiro atoms. The number of carbonyl (C=O) groups is 1. The van der Waals surface area contributed by atoms with Crippen LogP contribution >= 0.6 is 0 Å². The van der Waals surface area contributed by atoms with E-state index in [0.29, 0.717) is 12.3 Å². The van der Waals surface area contributed by atoms with Gasteiger partial charge in [-0.1, -0.05) is 20.8 Å². The molecule has 0 saturated heterocycles. The van der Waals surface area contributed by atoms with E-state index in [1.165, 1.54) is 0 Å². The summed E-state index contributed by atoms with van der Waals surface area (Å²) in [5.41, 5.74) is 0. The average molecular weight is 160 g/mol. The molecule has 0 aromatic carbocycles. The molecule has 0 radical (unpaired) electrons. The van der Waals surface area contributed by atoms with Crippen molar-refractivity contribution in [2.75, 3.05) is 0 Å². The molecule has 3 nitrogen and oxygen atoms in total. The predicted molar refractivity (Wildman–Crippen MR) is 42.3 cm³/mol. The molecule has 3 heteroatoms. The molecule has 2 N–H and O–H groups in total. The summed E-state index contributed by atoms with van der Waals surface area (Å²) in [5.74, 6) is -0.456. The zero-order valence-corrected chi connectivity index (χ0v) is 7.24. The van der Waals surface area contributed by atoms with Gasteiger partial charge in [-0.15, -0.1) is 0 Å².